The maximum Gasteiger partial charge on any atom is 0.0468 e. The molecule has 39 heavy (non-hydrogen) atoms. The van der Waals surface area contributed by atoms with Crippen LogP contribution in [0.2, 0.25) is 0 Å². The fraction of sp³-hybridized carbons (Fsp3) is 0.211. The summed E-state index contributed by atoms with van der Waals surface area (Å²) in [6.45, 7) is 10.9. The van der Waals surface area contributed by atoms with Gasteiger partial charge in [0.1, 0.15) is 0 Å². The van der Waals surface area contributed by atoms with Crippen molar-refractivity contribution < 1.29 is 2.74 Å². The first kappa shape index (κ1) is 21.8. The highest BCUT2D eigenvalue weighted by molar-refractivity contribution is 5.88. The van der Waals surface area contributed by atoms with Crippen LogP contribution in [-0.2, 0) is 17.2 Å². The third kappa shape index (κ3) is 3.46. The average molecular weight is 508 g/mol. The lowest BCUT2D eigenvalue weighted by Gasteiger charge is -2.29. The zero-order valence-corrected chi connectivity index (χ0v) is 23.3. The van der Waals surface area contributed by atoms with Gasteiger partial charge in [-0.3, -0.25) is 0 Å². The van der Waals surface area contributed by atoms with Crippen molar-refractivity contribution in [3.63, 3.8) is 0 Å². The molecule has 5 aromatic carbocycles. The van der Waals surface area contributed by atoms with E-state index in [2.05, 4.69) is 130 Å². The van der Waals surface area contributed by atoms with E-state index >= 15 is 0 Å². The minimum Gasteiger partial charge on any atom is -0.310 e. The van der Waals surface area contributed by atoms with Gasteiger partial charge in [0.2, 0.25) is 0 Å². The molecule has 192 valence electrons. The third-order valence-corrected chi connectivity index (χ3v) is 9.06. The van der Waals surface area contributed by atoms with Crippen LogP contribution >= 0.6 is 0 Å². The van der Waals surface area contributed by atoms with Crippen LogP contribution < -0.4 is 4.90 Å². The fourth-order valence-electron chi connectivity index (χ4n) is 6.90. The van der Waals surface area contributed by atoms with Crippen molar-refractivity contribution in [1.29, 1.82) is 0 Å². The molecule has 2 aliphatic rings. The largest absolute Gasteiger partial charge is 0.310 e. The zero-order chi connectivity index (χ0) is 28.7. The van der Waals surface area contributed by atoms with Crippen LogP contribution in [0.25, 0.3) is 22.3 Å². The van der Waals surface area contributed by atoms with E-state index in [0.717, 1.165) is 17.1 Å². The molecule has 1 heteroatoms. The van der Waals surface area contributed by atoms with E-state index in [9.17, 15) is 0 Å². The number of benzene rings is 5. The molecule has 5 aromatic rings. The first-order chi connectivity index (χ1) is 19.5. The van der Waals surface area contributed by atoms with E-state index in [1.165, 1.54) is 44.5 Å². The van der Waals surface area contributed by atoms with E-state index in [4.69, 9.17) is 2.74 Å². The predicted octanol–water partition coefficient (Wildman–Crippen LogP) is 10.3. The van der Waals surface area contributed by atoms with Gasteiger partial charge in [0.15, 0.2) is 0 Å². The average Bonchev–Trinajstić information content (AvgIpc) is 3.33. The molecule has 0 spiro atoms. The van der Waals surface area contributed by atoms with Gasteiger partial charge in [-0.05, 0) is 92.8 Å². The summed E-state index contributed by atoms with van der Waals surface area (Å²) in [5.74, 6) is 0. The van der Waals surface area contributed by atoms with Gasteiger partial charge in [0.25, 0.3) is 0 Å². The van der Waals surface area contributed by atoms with Gasteiger partial charge < -0.3 is 4.90 Å². The Balaban J connectivity index is 1.42. The third-order valence-electron chi connectivity index (χ3n) is 9.06. The Hall–Kier alpha value is -4.10. The molecule has 0 aliphatic heterocycles. The topological polar surface area (TPSA) is 3.24 Å². The Morgan fingerprint density at radius 2 is 1.00 bits per heavy atom. The highest BCUT2D eigenvalue weighted by Crippen LogP contribution is 2.52. The zero-order valence-electron chi connectivity index (χ0n) is 25.3. The van der Waals surface area contributed by atoms with Crippen LogP contribution in [0.3, 0.4) is 0 Å². The molecule has 0 fully saturated rings. The van der Waals surface area contributed by atoms with Crippen LogP contribution in [-0.4, -0.2) is 0 Å². The Labute approximate surface area is 235 Å². The Kier molecular flexibility index (Phi) is 4.72. The Morgan fingerprint density at radius 1 is 0.513 bits per heavy atom. The van der Waals surface area contributed by atoms with E-state index < -0.39 is 6.37 Å². The number of aryl methyl sites for hydroxylation is 1. The summed E-state index contributed by atoms with van der Waals surface area (Å²) in [7, 11) is 0. The number of hydrogen-bond donors (Lipinski definition) is 0. The van der Waals surface area contributed by atoms with Gasteiger partial charge in [-0.2, -0.15) is 0 Å². The lowest BCUT2D eigenvalue weighted by atomic mass is 9.82. The van der Waals surface area contributed by atoms with E-state index in [-0.39, 0.29) is 10.8 Å². The van der Waals surface area contributed by atoms with E-state index in [0.29, 0.717) is 5.56 Å². The summed E-state index contributed by atoms with van der Waals surface area (Å²) < 4.78 is 16.4. The summed E-state index contributed by atoms with van der Waals surface area (Å²) >= 11 is 0. The summed E-state index contributed by atoms with van der Waals surface area (Å²) in [6, 6.07) is 39.2. The summed E-state index contributed by atoms with van der Waals surface area (Å²) in [4.78, 5) is 2.32. The molecule has 0 bridgehead atoms. The molecular weight excluding hydrogens is 470 g/mol. The number of anilines is 3. The van der Waals surface area contributed by atoms with Crippen molar-refractivity contribution in [3.8, 4) is 22.3 Å². The van der Waals surface area contributed by atoms with E-state index in [1.807, 2.05) is 12.1 Å². The van der Waals surface area contributed by atoms with E-state index in [1.54, 1.807) is 6.92 Å². The quantitative estimate of drug-likeness (QED) is 0.234. The number of rotatable bonds is 4. The van der Waals surface area contributed by atoms with Gasteiger partial charge in [-0.25, -0.2) is 0 Å². The van der Waals surface area contributed by atoms with Crippen LogP contribution in [0.4, 0.5) is 17.1 Å². The second-order valence-corrected chi connectivity index (χ2v) is 11.9. The lowest BCUT2D eigenvalue weighted by Crippen LogP contribution is -2.17. The summed E-state index contributed by atoms with van der Waals surface area (Å²) in [5, 5.41) is 0. The highest BCUT2D eigenvalue weighted by Gasteiger charge is 2.37. The summed E-state index contributed by atoms with van der Waals surface area (Å²) in [6.07, 6.45) is -1.39. The van der Waals surface area contributed by atoms with Crippen LogP contribution in [0, 0.1) is 0 Å². The Bertz CT molecular complexity index is 1820. The van der Waals surface area contributed by atoms with Gasteiger partial charge in [0.05, 0.1) is 0 Å². The van der Waals surface area contributed by atoms with Gasteiger partial charge >= 0.3 is 0 Å². The molecule has 0 N–H and O–H groups in total. The van der Waals surface area contributed by atoms with Crippen molar-refractivity contribution in [2.45, 2.75) is 51.8 Å². The van der Waals surface area contributed by atoms with Crippen molar-refractivity contribution >= 4 is 17.1 Å². The highest BCUT2D eigenvalue weighted by atomic mass is 15.1. The van der Waals surface area contributed by atoms with Gasteiger partial charge in [0, 0.05) is 30.6 Å². The molecule has 0 aromatic heterocycles. The molecule has 1 nitrogen and oxygen atoms in total. The smallest absolute Gasteiger partial charge is 0.0468 e. The maximum atomic E-state index is 8.21. The molecule has 0 atom stereocenters. The monoisotopic (exact) mass is 507 g/mol. The molecule has 2 aliphatic carbocycles. The molecule has 0 unspecified atom stereocenters. The van der Waals surface area contributed by atoms with Crippen LogP contribution in [0.1, 0.15) is 65.2 Å². The second kappa shape index (κ2) is 8.45. The molecule has 7 rings (SSSR count). The first-order valence-corrected chi connectivity index (χ1v) is 13.9. The minimum atomic E-state index is -1.39. The number of nitrogens with zero attached hydrogens (tertiary/aromatic N) is 1. The van der Waals surface area contributed by atoms with Gasteiger partial charge in [-0.15, -0.1) is 0 Å². The maximum absolute atomic E-state index is 8.21. The fourth-order valence-corrected chi connectivity index (χ4v) is 6.90. The number of fused-ring (bicyclic) bond motifs is 6. The summed E-state index contributed by atoms with van der Waals surface area (Å²) in [5.41, 5.74) is 14.3. The number of hydrogen-bond acceptors (Lipinski definition) is 1. The Morgan fingerprint density at radius 3 is 1.67 bits per heavy atom. The SMILES string of the molecule is [2H]C([2H])(C)c1ccc(N(c2ccc3c(c2)-c2ccccc2C3(C)C)c2ccc3c(c2)C(C)(C)c2ccccc2-3)cc1. The van der Waals surface area contributed by atoms with Crippen molar-refractivity contribution in [1.82, 2.24) is 0 Å². The molecule has 0 heterocycles. The van der Waals surface area contributed by atoms with Crippen LogP contribution in [0.15, 0.2) is 109 Å². The predicted molar refractivity (Wildman–Crippen MR) is 166 cm³/mol. The normalized spacial score (nSPS) is 16.4. The lowest BCUT2D eigenvalue weighted by molar-refractivity contribution is 0.660. The molecule has 0 saturated carbocycles. The van der Waals surface area contributed by atoms with Crippen molar-refractivity contribution in [2.75, 3.05) is 4.90 Å². The molecular formula is C38H35N. The van der Waals surface area contributed by atoms with Crippen LogP contribution in [0.5, 0.6) is 0 Å². The second-order valence-electron chi connectivity index (χ2n) is 11.9. The molecule has 0 saturated heterocycles. The molecule has 0 amide bonds. The minimum absolute atomic E-state index is 0.0486. The van der Waals surface area contributed by atoms with Crippen molar-refractivity contribution in [3.05, 3.63) is 137 Å². The standard InChI is InChI=1S/C38H35N/c1-6-25-15-17-26(18-16-25)39(27-20-22-35-32(23-27)30-12-8-10-14-34(30)37(35,2)3)28-19-21-31-29-11-7-9-13-33(29)38(4,5)36(31)24-28/h7-24H,6H2,1-5H3/i6D2. The van der Waals surface area contributed by atoms with Gasteiger partial charge in [-0.1, -0.05) is 107 Å². The van der Waals surface area contributed by atoms with Crippen molar-refractivity contribution in [2.24, 2.45) is 0 Å². The first-order valence-electron chi connectivity index (χ1n) is 14.9. The molecule has 0 radical (unpaired) electrons.